The van der Waals surface area contributed by atoms with Crippen molar-refractivity contribution in [3.8, 4) is 0 Å². The van der Waals surface area contributed by atoms with Crippen LogP contribution in [0.4, 0.5) is 0 Å². The third kappa shape index (κ3) is 3.23. The van der Waals surface area contributed by atoms with E-state index in [1.54, 1.807) is 0 Å². The summed E-state index contributed by atoms with van der Waals surface area (Å²) in [5, 5.41) is 2.91. The summed E-state index contributed by atoms with van der Waals surface area (Å²) < 4.78 is 5.46. The van der Waals surface area contributed by atoms with Gasteiger partial charge in [0.25, 0.3) is 0 Å². The normalized spacial score (nSPS) is 31.7. The smallest absolute Gasteiger partial charge is 0.246 e. The third-order valence-corrected chi connectivity index (χ3v) is 4.73. The van der Waals surface area contributed by atoms with Gasteiger partial charge in [-0.05, 0) is 25.7 Å². The van der Waals surface area contributed by atoms with Crippen molar-refractivity contribution in [1.29, 1.82) is 0 Å². The lowest BCUT2D eigenvalue weighted by Crippen LogP contribution is -2.67. The Kier molecular flexibility index (Phi) is 5.25. The van der Waals surface area contributed by atoms with Gasteiger partial charge < -0.3 is 15.0 Å². The Balaban J connectivity index is 2.24. The van der Waals surface area contributed by atoms with Gasteiger partial charge in [-0.3, -0.25) is 9.59 Å². The zero-order chi connectivity index (χ0) is 15.6. The van der Waals surface area contributed by atoms with Crippen LogP contribution in [-0.2, 0) is 14.3 Å². The van der Waals surface area contributed by atoms with Crippen molar-refractivity contribution in [2.24, 2.45) is 11.8 Å². The van der Waals surface area contributed by atoms with Crippen LogP contribution >= 0.6 is 0 Å². The van der Waals surface area contributed by atoms with Gasteiger partial charge in [0.1, 0.15) is 12.1 Å². The lowest BCUT2D eigenvalue weighted by atomic mass is 9.90. The molecule has 0 aliphatic carbocycles. The first-order valence-corrected chi connectivity index (χ1v) is 8.17. The van der Waals surface area contributed by atoms with Gasteiger partial charge in [-0.15, -0.1) is 0 Å². The van der Waals surface area contributed by atoms with Crippen LogP contribution in [0.5, 0.6) is 0 Å². The molecule has 2 amide bonds. The highest BCUT2D eigenvalue weighted by molar-refractivity contribution is 5.97. The molecule has 0 aromatic heterocycles. The maximum Gasteiger partial charge on any atom is 0.246 e. The average Bonchev–Trinajstić information content (AvgIpc) is 2.95. The van der Waals surface area contributed by atoms with E-state index in [9.17, 15) is 9.59 Å². The summed E-state index contributed by atoms with van der Waals surface area (Å²) in [6.45, 7) is 9.55. The van der Waals surface area contributed by atoms with Gasteiger partial charge in [-0.1, -0.05) is 27.2 Å². The number of carbonyl (C=O) groups is 2. The molecule has 2 rings (SSSR count). The number of ether oxygens (including phenoxy) is 1. The van der Waals surface area contributed by atoms with Crippen LogP contribution in [0.15, 0.2) is 0 Å². The molecule has 0 aromatic carbocycles. The summed E-state index contributed by atoms with van der Waals surface area (Å²) in [7, 11) is 0. The van der Waals surface area contributed by atoms with E-state index >= 15 is 0 Å². The van der Waals surface area contributed by atoms with E-state index in [-0.39, 0.29) is 35.9 Å². The van der Waals surface area contributed by atoms with Gasteiger partial charge in [-0.2, -0.15) is 0 Å². The van der Waals surface area contributed by atoms with E-state index in [0.29, 0.717) is 18.9 Å². The molecule has 0 bridgehead atoms. The molecular weight excluding hydrogens is 268 g/mol. The molecule has 0 aromatic rings. The van der Waals surface area contributed by atoms with Crippen LogP contribution < -0.4 is 5.32 Å². The van der Waals surface area contributed by atoms with Crippen molar-refractivity contribution in [3.05, 3.63) is 0 Å². The molecule has 5 heteroatoms. The van der Waals surface area contributed by atoms with E-state index in [2.05, 4.69) is 12.2 Å². The second kappa shape index (κ2) is 6.77. The minimum Gasteiger partial charge on any atom is -0.381 e. The highest BCUT2D eigenvalue weighted by Gasteiger charge is 2.45. The number of piperazine rings is 1. The number of hydrogen-bond acceptors (Lipinski definition) is 3. The minimum absolute atomic E-state index is 0.00573. The Hall–Kier alpha value is -1.10. The van der Waals surface area contributed by atoms with Crippen molar-refractivity contribution in [1.82, 2.24) is 10.2 Å². The Morgan fingerprint density at radius 3 is 2.57 bits per heavy atom. The molecule has 2 saturated heterocycles. The van der Waals surface area contributed by atoms with Crippen LogP contribution in [0, 0.1) is 11.8 Å². The van der Waals surface area contributed by atoms with Crippen LogP contribution in [-0.4, -0.2) is 48.1 Å². The fourth-order valence-electron chi connectivity index (χ4n) is 3.48. The summed E-state index contributed by atoms with van der Waals surface area (Å²) in [4.78, 5) is 27.2. The summed E-state index contributed by atoms with van der Waals surface area (Å²) in [6.07, 6.45) is 2.56. The molecule has 4 unspecified atom stereocenters. The zero-order valence-corrected chi connectivity index (χ0v) is 13.6. The van der Waals surface area contributed by atoms with Gasteiger partial charge in [-0.25, -0.2) is 0 Å². The summed E-state index contributed by atoms with van der Waals surface area (Å²) in [6, 6.07) is -0.665. The number of nitrogens with one attached hydrogen (secondary N) is 1. The highest BCUT2D eigenvalue weighted by Crippen LogP contribution is 2.28. The Bertz CT molecular complexity index is 391. The van der Waals surface area contributed by atoms with Gasteiger partial charge >= 0.3 is 0 Å². The quantitative estimate of drug-likeness (QED) is 0.837. The van der Waals surface area contributed by atoms with Crippen molar-refractivity contribution in [3.63, 3.8) is 0 Å². The van der Waals surface area contributed by atoms with Gasteiger partial charge in [0.05, 0.1) is 6.61 Å². The van der Waals surface area contributed by atoms with Crippen LogP contribution in [0.3, 0.4) is 0 Å². The molecule has 0 radical (unpaired) electrons. The lowest BCUT2D eigenvalue weighted by molar-refractivity contribution is -0.155. The number of carbonyl (C=O) groups excluding carboxylic acids is 2. The molecule has 5 nitrogen and oxygen atoms in total. The monoisotopic (exact) mass is 296 g/mol. The fourth-order valence-corrected chi connectivity index (χ4v) is 3.48. The second-order valence-electron chi connectivity index (χ2n) is 6.65. The largest absolute Gasteiger partial charge is 0.381 e. The minimum atomic E-state index is -0.360. The van der Waals surface area contributed by atoms with Crippen LogP contribution in [0.1, 0.15) is 47.0 Å². The Morgan fingerprint density at radius 2 is 2.05 bits per heavy atom. The van der Waals surface area contributed by atoms with Crippen molar-refractivity contribution in [2.75, 3.05) is 13.2 Å². The molecule has 2 fully saturated rings. The molecule has 4 atom stereocenters. The van der Waals surface area contributed by atoms with Crippen molar-refractivity contribution in [2.45, 2.75) is 65.1 Å². The third-order valence-electron chi connectivity index (χ3n) is 4.73. The Morgan fingerprint density at radius 1 is 1.33 bits per heavy atom. The molecular formula is C16H28N2O3. The molecule has 0 saturated carbocycles. The van der Waals surface area contributed by atoms with E-state index in [4.69, 9.17) is 4.74 Å². The summed E-state index contributed by atoms with van der Waals surface area (Å²) in [5.41, 5.74) is 0. The number of hydrogen-bond donors (Lipinski definition) is 1. The molecule has 21 heavy (non-hydrogen) atoms. The van der Waals surface area contributed by atoms with Gasteiger partial charge in [0.15, 0.2) is 0 Å². The summed E-state index contributed by atoms with van der Waals surface area (Å²) >= 11 is 0. The molecule has 120 valence electrons. The molecule has 2 aliphatic heterocycles. The van der Waals surface area contributed by atoms with Crippen LogP contribution in [0.25, 0.3) is 0 Å². The zero-order valence-electron chi connectivity index (χ0n) is 13.6. The topological polar surface area (TPSA) is 58.6 Å². The van der Waals surface area contributed by atoms with Crippen LogP contribution in [0.2, 0.25) is 0 Å². The van der Waals surface area contributed by atoms with Crippen molar-refractivity contribution >= 4 is 11.8 Å². The SMILES string of the molecule is CCCC1NC(=O)C(C(C)C)N(C(C)C2CCOC2)C1=O. The van der Waals surface area contributed by atoms with E-state index in [1.165, 1.54) is 0 Å². The number of rotatable bonds is 5. The van der Waals surface area contributed by atoms with Gasteiger partial charge in [0.2, 0.25) is 11.8 Å². The van der Waals surface area contributed by atoms with E-state index < -0.39 is 0 Å². The number of nitrogens with zero attached hydrogens (tertiary/aromatic N) is 1. The first kappa shape index (κ1) is 16.3. The standard InChI is InChI=1S/C16H28N2O3/c1-5-6-13-16(20)18(11(4)12-7-8-21-9-12)14(10(2)3)15(19)17-13/h10-14H,5-9H2,1-4H3,(H,17,19). The lowest BCUT2D eigenvalue weighted by Gasteiger charge is -2.45. The Labute approximate surface area is 127 Å². The first-order valence-electron chi connectivity index (χ1n) is 8.17. The molecule has 2 aliphatic rings. The number of amides is 2. The predicted octanol–water partition coefficient (Wildman–Crippen LogP) is 1.56. The average molecular weight is 296 g/mol. The fraction of sp³-hybridized carbons (Fsp3) is 0.875. The van der Waals surface area contributed by atoms with Crippen molar-refractivity contribution < 1.29 is 14.3 Å². The summed E-state index contributed by atoms with van der Waals surface area (Å²) in [5.74, 6) is 0.521. The maximum absolute atomic E-state index is 12.8. The van der Waals surface area contributed by atoms with E-state index in [1.807, 2.05) is 25.7 Å². The molecule has 2 heterocycles. The molecule has 0 spiro atoms. The molecule has 1 N–H and O–H groups in total. The van der Waals surface area contributed by atoms with E-state index in [0.717, 1.165) is 19.4 Å². The predicted molar refractivity (Wildman–Crippen MR) is 80.7 cm³/mol. The second-order valence-corrected chi connectivity index (χ2v) is 6.65. The first-order chi connectivity index (χ1) is 9.97. The maximum atomic E-state index is 12.8. The van der Waals surface area contributed by atoms with Gasteiger partial charge in [0, 0.05) is 18.6 Å². The highest BCUT2D eigenvalue weighted by atomic mass is 16.5.